The summed E-state index contributed by atoms with van der Waals surface area (Å²) in [6, 6.07) is 7.07. The van der Waals surface area contributed by atoms with Gasteiger partial charge in [0.25, 0.3) is 11.8 Å². The van der Waals surface area contributed by atoms with Crippen LogP contribution in [0, 0.1) is 5.92 Å². The lowest BCUT2D eigenvalue weighted by atomic mass is 10.0. The highest BCUT2D eigenvalue weighted by Gasteiger charge is 2.36. The van der Waals surface area contributed by atoms with Crippen LogP contribution in [-0.2, 0) is 0 Å². The van der Waals surface area contributed by atoms with Crippen LogP contribution in [0.4, 0.5) is 0 Å². The van der Waals surface area contributed by atoms with Gasteiger partial charge in [-0.05, 0) is 37.4 Å². The first-order valence-corrected chi connectivity index (χ1v) is 6.84. The molecular weight excluding hydrogens is 240 g/mol. The van der Waals surface area contributed by atoms with Gasteiger partial charge in [-0.15, -0.1) is 0 Å². The van der Waals surface area contributed by atoms with Crippen molar-refractivity contribution < 1.29 is 9.59 Å². The van der Waals surface area contributed by atoms with E-state index < -0.39 is 0 Å². The van der Waals surface area contributed by atoms with Crippen molar-refractivity contribution >= 4 is 11.8 Å². The monoisotopic (exact) mass is 258 g/mol. The number of carbonyl (C=O) groups is 2. The topological polar surface area (TPSA) is 40.6 Å². The number of nitrogens with zero attached hydrogens (tertiary/aromatic N) is 2. The van der Waals surface area contributed by atoms with Gasteiger partial charge in [-0.1, -0.05) is 19.1 Å². The van der Waals surface area contributed by atoms with Crippen molar-refractivity contribution in [2.75, 3.05) is 19.8 Å². The zero-order chi connectivity index (χ0) is 13.4. The lowest BCUT2D eigenvalue weighted by Crippen LogP contribution is -2.45. The Labute approximate surface area is 113 Å². The van der Waals surface area contributed by atoms with Gasteiger partial charge in [-0.25, -0.2) is 0 Å². The number of hydrogen-bond acceptors (Lipinski definition) is 3. The van der Waals surface area contributed by atoms with Crippen LogP contribution in [0.15, 0.2) is 24.3 Å². The molecule has 1 atom stereocenters. The Kier molecular flexibility index (Phi) is 3.11. The molecule has 1 aromatic rings. The number of carbonyl (C=O) groups excluding carboxylic acids is 2. The summed E-state index contributed by atoms with van der Waals surface area (Å²) >= 11 is 0. The lowest BCUT2D eigenvalue weighted by Gasteiger charge is -2.33. The quantitative estimate of drug-likeness (QED) is 0.761. The number of fused-ring (bicyclic) bond motifs is 1. The molecule has 19 heavy (non-hydrogen) atoms. The predicted molar refractivity (Wildman–Crippen MR) is 71.8 cm³/mol. The second-order valence-corrected chi connectivity index (χ2v) is 5.55. The Morgan fingerprint density at radius 1 is 1.16 bits per heavy atom. The second kappa shape index (κ2) is 4.78. The van der Waals surface area contributed by atoms with E-state index in [1.165, 1.54) is 11.3 Å². The first kappa shape index (κ1) is 12.4. The van der Waals surface area contributed by atoms with Gasteiger partial charge in [-0.3, -0.25) is 19.4 Å². The van der Waals surface area contributed by atoms with Crippen molar-refractivity contribution in [3.8, 4) is 0 Å². The molecule has 0 bridgehead atoms. The van der Waals surface area contributed by atoms with Crippen molar-refractivity contribution in [3.63, 3.8) is 0 Å². The Balaban J connectivity index is 1.77. The van der Waals surface area contributed by atoms with Crippen molar-refractivity contribution in [2.45, 2.75) is 19.8 Å². The minimum atomic E-state index is -0.154. The molecule has 4 nitrogen and oxygen atoms in total. The van der Waals surface area contributed by atoms with E-state index >= 15 is 0 Å². The fraction of sp³-hybridized carbons (Fsp3) is 0.467. The third kappa shape index (κ3) is 2.16. The number of rotatable bonds is 2. The molecule has 0 saturated carbocycles. The summed E-state index contributed by atoms with van der Waals surface area (Å²) in [5.74, 6) is 0.335. The van der Waals surface area contributed by atoms with Gasteiger partial charge in [0.05, 0.1) is 17.8 Å². The largest absolute Gasteiger partial charge is 0.285 e. The van der Waals surface area contributed by atoms with E-state index in [9.17, 15) is 9.59 Å². The Morgan fingerprint density at radius 2 is 1.79 bits per heavy atom. The first-order valence-electron chi connectivity index (χ1n) is 6.84. The molecule has 0 unspecified atom stereocenters. The Hall–Kier alpha value is -1.68. The van der Waals surface area contributed by atoms with Crippen molar-refractivity contribution in [1.29, 1.82) is 0 Å². The molecule has 0 N–H and O–H groups in total. The van der Waals surface area contributed by atoms with E-state index in [-0.39, 0.29) is 11.8 Å². The molecule has 1 aromatic carbocycles. The minimum Gasteiger partial charge on any atom is -0.285 e. The molecule has 1 saturated heterocycles. The molecule has 2 heterocycles. The molecule has 2 aliphatic heterocycles. The SMILES string of the molecule is C[C@@H]1CCCN(CN2C(=O)c3ccccc3C2=O)C1. The highest BCUT2D eigenvalue weighted by molar-refractivity contribution is 6.21. The molecule has 4 heteroatoms. The smallest absolute Gasteiger partial charge is 0.262 e. The van der Waals surface area contributed by atoms with Crippen LogP contribution in [0.5, 0.6) is 0 Å². The van der Waals surface area contributed by atoms with Crippen molar-refractivity contribution in [1.82, 2.24) is 9.80 Å². The zero-order valence-electron chi connectivity index (χ0n) is 11.1. The molecular formula is C15H18N2O2. The summed E-state index contributed by atoms with van der Waals surface area (Å²) in [6.07, 6.45) is 2.38. The molecule has 100 valence electrons. The summed E-state index contributed by atoms with van der Waals surface area (Å²) < 4.78 is 0. The highest BCUT2D eigenvalue weighted by atomic mass is 16.2. The van der Waals surface area contributed by atoms with E-state index in [0.717, 1.165) is 19.5 Å². The third-order valence-corrected chi connectivity index (χ3v) is 3.96. The maximum Gasteiger partial charge on any atom is 0.262 e. The van der Waals surface area contributed by atoms with E-state index in [2.05, 4.69) is 11.8 Å². The second-order valence-electron chi connectivity index (χ2n) is 5.55. The molecule has 1 fully saturated rings. The van der Waals surface area contributed by atoms with Gasteiger partial charge in [0.1, 0.15) is 0 Å². The van der Waals surface area contributed by atoms with Crippen LogP contribution in [-0.4, -0.2) is 41.4 Å². The van der Waals surface area contributed by atoms with E-state index in [1.807, 2.05) is 0 Å². The average molecular weight is 258 g/mol. The molecule has 0 aliphatic carbocycles. The van der Waals surface area contributed by atoms with Gasteiger partial charge in [0.2, 0.25) is 0 Å². The fourth-order valence-electron chi connectivity index (χ4n) is 2.98. The number of piperidine rings is 1. The summed E-state index contributed by atoms with van der Waals surface area (Å²) in [5.41, 5.74) is 1.08. The number of likely N-dealkylation sites (tertiary alicyclic amines) is 1. The predicted octanol–water partition coefficient (Wildman–Crippen LogP) is 1.97. The maximum atomic E-state index is 12.2. The molecule has 2 amide bonds. The average Bonchev–Trinajstić information content (AvgIpc) is 2.65. The normalized spacial score (nSPS) is 23.8. The third-order valence-electron chi connectivity index (χ3n) is 3.96. The van der Waals surface area contributed by atoms with Gasteiger partial charge in [0.15, 0.2) is 0 Å². The van der Waals surface area contributed by atoms with E-state index in [1.54, 1.807) is 24.3 Å². The first-order chi connectivity index (χ1) is 9.16. The van der Waals surface area contributed by atoms with Crippen LogP contribution >= 0.6 is 0 Å². The van der Waals surface area contributed by atoms with Crippen LogP contribution in [0.2, 0.25) is 0 Å². The van der Waals surface area contributed by atoms with E-state index in [0.29, 0.717) is 23.7 Å². The van der Waals surface area contributed by atoms with Crippen LogP contribution in [0.3, 0.4) is 0 Å². The van der Waals surface area contributed by atoms with Gasteiger partial charge >= 0.3 is 0 Å². The zero-order valence-corrected chi connectivity index (χ0v) is 11.1. The number of imide groups is 1. The molecule has 2 aliphatic rings. The highest BCUT2D eigenvalue weighted by Crippen LogP contribution is 2.24. The number of benzene rings is 1. The molecule has 0 radical (unpaired) electrons. The van der Waals surface area contributed by atoms with Crippen LogP contribution in [0.1, 0.15) is 40.5 Å². The lowest BCUT2D eigenvalue weighted by molar-refractivity contribution is 0.0488. The Morgan fingerprint density at radius 3 is 2.37 bits per heavy atom. The maximum absolute atomic E-state index is 12.2. The summed E-state index contributed by atoms with van der Waals surface area (Å²) in [7, 11) is 0. The number of hydrogen-bond donors (Lipinski definition) is 0. The van der Waals surface area contributed by atoms with E-state index in [4.69, 9.17) is 0 Å². The van der Waals surface area contributed by atoms with Crippen molar-refractivity contribution in [2.24, 2.45) is 5.92 Å². The summed E-state index contributed by atoms with van der Waals surface area (Å²) in [6.45, 7) is 4.58. The molecule has 3 rings (SSSR count). The van der Waals surface area contributed by atoms with Gasteiger partial charge in [0, 0.05) is 6.54 Å². The molecule has 0 aromatic heterocycles. The summed E-state index contributed by atoms with van der Waals surface area (Å²) in [5, 5.41) is 0. The van der Waals surface area contributed by atoms with Gasteiger partial charge < -0.3 is 0 Å². The number of amides is 2. The summed E-state index contributed by atoms with van der Waals surface area (Å²) in [4.78, 5) is 28.1. The minimum absolute atomic E-state index is 0.154. The standard InChI is InChI=1S/C15H18N2O2/c1-11-5-4-8-16(9-11)10-17-14(18)12-6-2-3-7-13(12)15(17)19/h2-3,6-7,11H,4-5,8-10H2,1H3/t11-/m1/s1. The Bertz CT molecular complexity index is 492. The van der Waals surface area contributed by atoms with Crippen molar-refractivity contribution in [3.05, 3.63) is 35.4 Å². The fourth-order valence-corrected chi connectivity index (χ4v) is 2.98. The van der Waals surface area contributed by atoms with Gasteiger partial charge in [-0.2, -0.15) is 0 Å². The molecule has 0 spiro atoms. The van der Waals surface area contributed by atoms with Crippen LogP contribution in [0.25, 0.3) is 0 Å². The van der Waals surface area contributed by atoms with Crippen LogP contribution < -0.4 is 0 Å².